The van der Waals surface area contributed by atoms with Gasteiger partial charge >= 0.3 is 0 Å². The molecule has 2 N–H and O–H groups in total. The first-order valence-electron chi connectivity index (χ1n) is 9.19. The zero-order valence-corrected chi connectivity index (χ0v) is 17.9. The molecule has 144 valence electrons. The Morgan fingerprint density at radius 1 is 1.00 bits per heavy atom. The number of halogens is 1. The van der Waals surface area contributed by atoms with E-state index in [-0.39, 0.29) is 11.0 Å². The minimum absolute atomic E-state index is 0.254. The first-order valence-corrected chi connectivity index (χ1v) is 10.4. The Hall–Kier alpha value is -1.92. The Kier molecular flexibility index (Phi) is 9.28. The van der Waals surface area contributed by atoms with Gasteiger partial charge in [-0.15, -0.1) is 0 Å². The fraction of sp³-hybridized carbons (Fsp3) is 0.333. The first kappa shape index (κ1) is 21.4. The van der Waals surface area contributed by atoms with Gasteiger partial charge in [0.1, 0.15) is 5.75 Å². The van der Waals surface area contributed by atoms with E-state index in [1.165, 1.54) is 25.7 Å². The molecule has 0 saturated heterocycles. The number of carbonyl (C=O) groups excluding carboxylic acids is 1. The summed E-state index contributed by atoms with van der Waals surface area (Å²) in [6.45, 7) is 2.91. The van der Waals surface area contributed by atoms with Crippen LogP contribution in [-0.2, 0) is 0 Å². The van der Waals surface area contributed by atoms with E-state index in [1.807, 2.05) is 36.4 Å². The highest BCUT2D eigenvalue weighted by Gasteiger charge is 2.08. The maximum absolute atomic E-state index is 12.3. The molecule has 27 heavy (non-hydrogen) atoms. The number of unbranched alkanes of at least 4 members (excludes halogenated alkanes) is 4. The lowest BCUT2D eigenvalue weighted by atomic mass is 10.2. The van der Waals surface area contributed by atoms with Gasteiger partial charge in [0.25, 0.3) is 5.91 Å². The summed E-state index contributed by atoms with van der Waals surface area (Å²) in [5, 5.41) is 5.92. The number of rotatable bonds is 9. The van der Waals surface area contributed by atoms with Crippen molar-refractivity contribution in [2.75, 3.05) is 11.9 Å². The maximum Gasteiger partial charge on any atom is 0.257 e. The molecule has 0 bridgehead atoms. The van der Waals surface area contributed by atoms with Crippen LogP contribution in [0.25, 0.3) is 0 Å². The molecule has 2 aromatic carbocycles. The van der Waals surface area contributed by atoms with Crippen molar-refractivity contribution in [1.82, 2.24) is 5.32 Å². The Balaban J connectivity index is 1.75. The topological polar surface area (TPSA) is 50.4 Å². The van der Waals surface area contributed by atoms with Crippen LogP contribution in [0.4, 0.5) is 5.69 Å². The van der Waals surface area contributed by atoms with Crippen LogP contribution in [0, 0.1) is 0 Å². The monoisotopic (exact) mass is 448 g/mol. The number of amides is 1. The van der Waals surface area contributed by atoms with E-state index in [9.17, 15) is 4.79 Å². The molecule has 4 nitrogen and oxygen atoms in total. The third-order valence-electron chi connectivity index (χ3n) is 3.96. The molecule has 0 spiro atoms. The second-order valence-electron chi connectivity index (χ2n) is 6.20. The molecular weight excluding hydrogens is 424 g/mol. The van der Waals surface area contributed by atoms with Crippen LogP contribution in [-0.4, -0.2) is 17.6 Å². The predicted molar refractivity (Wildman–Crippen MR) is 119 cm³/mol. The number of hydrogen-bond donors (Lipinski definition) is 2. The molecule has 0 aliphatic carbocycles. The molecule has 1 amide bonds. The van der Waals surface area contributed by atoms with E-state index in [4.69, 9.17) is 17.0 Å². The van der Waals surface area contributed by atoms with Crippen molar-refractivity contribution in [1.29, 1.82) is 0 Å². The van der Waals surface area contributed by atoms with Gasteiger partial charge in [-0.1, -0.05) is 48.5 Å². The number of thiocarbonyl (C=S) groups is 1. The second kappa shape index (κ2) is 11.7. The van der Waals surface area contributed by atoms with Gasteiger partial charge in [0.2, 0.25) is 0 Å². The summed E-state index contributed by atoms with van der Waals surface area (Å²) in [7, 11) is 0. The Bertz CT molecular complexity index is 733. The minimum atomic E-state index is -0.254. The van der Waals surface area contributed by atoms with Crippen molar-refractivity contribution >= 4 is 44.9 Å². The highest BCUT2D eigenvalue weighted by Crippen LogP contribution is 2.15. The first-order chi connectivity index (χ1) is 13.1. The maximum atomic E-state index is 12.3. The summed E-state index contributed by atoms with van der Waals surface area (Å²) in [4.78, 5) is 12.3. The number of nitrogens with one attached hydrogen (secondary N) is 2. The smallest absolute Gasteiger partial charge is 0.257 e. The molecule has 0 aromatic heterocycles. The largest absolute Gasteiger partial charge is 0.494 e. The SMILES string of the molecule is CCCCCCCOc1ccc(C(=O)NC(=S)Nc2ccc(Br)cc2)cc1. The molecule has 0 aliphatic rings. The fourth-order valence-electron chi connectivity index (χ4n) is 2.47. The van der Waals surface area contributed by atoms with E-state index in [2.05, 4.69) is 33.5 Å². The predicted octanol–water partition coefficient (Wildman–Crippen LogP) is 5.93. The lowest BCUT2D eigenvalue weighted by Gasteiger charge is -2.10. The van der Waals surface area contributed by atoms with Crippen LogP contribution in [0.15, 0.2) is 53.0 Å². The van der Waals surface area contributed by atoms with Gasteiger partial charge in [-0.3, -0.25) is 10.1 Å². The molecule has 0 aliphatic heterocycles. The van der Waals surface area contributed by atoms with E-state index in [0.29, 0.717) is 12.2 Å². The summed E-state index contributed by atoms with van der Waals surface area (Å²) in [5.41, 5.74) is 1.34. The van der Waals surface area contributed by atoms with Gasteiger partial charge in [-0.05, 0) is 67.2 Å². The van der Waals surface area contributed by atoms with Crippen molar-refractivity contribution in [3.05, 3.63) is 58.6 Å². The van der Waals surface area contributed by atoms with Crippen LogP contribution in [0.1, 0.15) is 49.4 Å². The van der Waals surface area contributed by atoms with Crippen molar-refractivity contribution in [3.63, 3.8) is 0 Å². The van der Waals surface area contributed by atoms with Gasteiger partial charge in [0, 0.05) is 15.7 Å². The van der Waals surface area contributed by atoms with Crippen LogP contribution in [0.2, 0.25) is 0 Å². The molecule has 2 rings (SSSR count). The zero-order valence-electron chi connectivity index (χ0n) is 15.5. The van der Waals surface area contributed by atoms with Gasteiger partial charge in [-0.2, -0.15) is 0 Å². The lowest BCUT2D eigenvalue weighted by molar-refractivity contribution is 0.0977. The van der Waals surface area contributed by atoms with Crippen LogP contribution >= 0.6 is 28.1 Å². The van der Waals surface area contributed by atoms with E-state index in [1.54, 1.807) is 12.1 Å². The van der Waals surface area contributed by atoms with Gasteiger partial charge < -0.3 is 10.1 Å². The molecule has 0 atom stereocenters. The molecular formula is C21H25BrN2O2S. The molecule has 0 saturated carbocycles. The Labute approximate surface area is 174 Å². The Morgan fingerprint density at radius 2 is 1.67 bits per heavy atom. The van der Waals surface area contributed by atoms with Crippen molar-refractivity contribution in [2.24, 2.45) is 0 Å². The third kappa shape index (κ3) is 8.10. The number of anilines is 1. The number of benzene rings is 2. The van der Waals surface area contributed by atoms with Gasteiger partial charge in [0.15, 0.2) is 5.11 Å². The van der Waals surface area contributed by atoms with Crippen LogP contribution in [0.3, 0.4) is 0 Å². The summed E-state index contributed by atoms with van der Waals surface area (Å²) in [5.74, 6) is 0.522. The lowest BCUT2D eigenvalue weighted by Crippen LogP contribution is -2.34. The average molecular weight is 449 g/mol. The van der Waals surface area contributed by atoms with Crippen molar-refractivity contribution < 1.29 is 9.53 Å². The fourth-order valence-corrected chi connectivity index (χ4v) is 2.94. The second-order valence-corrected chi connectivity index (χ2v) is 7.53. The quantitative estimate of drug-likeness (QED) is 0.368. The average Bonchev–Trinajstić information content (AvgIpc) is 2.67. The summed E-state index contributed by atoms with van der Waals surface area (Å²) < 4.78 is 6.70. The molecule has 0 fully saturated rings. The molecule has 0 radical (unpaired) electrons. The molecule has 2 aromatic rings. The summed E-state index contributed by atoms with van der Waals surface area (Å²) >= 11 is 8.57. The minimum Gasteiger partial charge on any atom is -0.494 e. The normalized spacial score (nSPS) is 10.3. The summed E-state index contributed by atoms with van der Waals surface area (Å²) in [6, 6.07) is 14.6. The number of carbonyl (C=O) groups is 1. The van der Waals surface area contributed by atoms with Crippen LogP contribution in [0.5, 0.6) is 5.75 Å². The van der Waals surface area contributed by atoms with Crippen molar-refractivity contribution in [2.45, 2.75) is 39.0 Å². The van der Waals surface area contributed by atoms with Gasteiger partial charge in [-0.25, -0.2) is 0 Å². The highest BCUT2D eigenvalue weighted by molar-refractivity contribution is 9.10. The standard InChI is InChI=1S/C21H25BrN2O2S/c1-2-3-4-5-6-15-26-19-13-7-16(8-14-19)20(25)24-21(27)23-18-11-9-17(22)10-12-18/h7-14H,2-6,15H2,1H3,(H2,23,24,25,27). The van der Waals surface area contributed by atoms with E-state index >= 15 is 0 Å². The zero-order chi connectivity index (χ0) is 19.5. The molecule has 6 heteroatoms. The van der Waals surface area contributed by atoms with E-state index in [0.717, 1.165) is 22.3 Å². The highest BCUT2D eigenvalue weighted by atomic mass is 79.9. The van der Waals surface area contributed by atoms with Crippen molar-refractivity contribution in [3.8, 4) is 5.75 Å². The van der Waals surface area contributed by atoms with E-state index < -0.39 is 0 Å². The third-order valence-corrected chi connectivity index (χ3v) is 4.70. The number of hydrogen-bond acceptors (Lipinski definition) is 3. The molecule has 0 heterocycles. The summed E-state index contributed by atoms with van der Waals surface area (Å²) in [6.07, 6.45) is 6.03. The number of ether oxygens (including phenoxy) is 1. The van der Waals surface area contributed by atoms with Gasteiger partial charge in [0.05, 0.1) is 6.61 Å². The molecule has 0 unspecified atom stereocenters. The Morgan fingerprint density at radius 3 is 2.33 bits per heavy atom. The van der Waals surface area contributed by atoms with Crippen LogP contribution < -0.4 is 15.4 Å².